The predicted octanol–water partition coefficient (Wildman–Crippen LogP) is 3.80. The standard InChI is InChI=1S/C17H25N3/c1-12(14-8-4-5-9-14)18-13(2)17-19-15-10-6-7-11-16(15)20(17)3/h6-7,10-14,18H,4-5,8-9H2,1-3H3/t12-,13?/m0/s1. The van der Waals surface area contributed by atoms with Gasteiger partial charge >= 0.3 is 0 Å². The molecule has 3 heteroatoms. The number of fused-ring (bicyclic) bond motifs is 1. The number of benzene rings is 1. The van der Waals surface area contributed by atoms with Gasteiger partial charge in [0.05, 0.1) is 17.1 Å². The van der Waals surface area contributed by atoms with Crippen molar-refractivity contribution < 1.29 is 0 Å². The van der Waals surface area contributed by atoms with Gasteiger partial charge in [0.15, 0.2) is 0 Å². The minimum absolute atomic E-state index is 0.294. The highest BCUT2D eigenvalue weighted by Gasteiger charge is 2.24. The van der Waals surface area contributed by atoms with Crippen LogP contribution in [0, 0.1) is 5.92 Å². The zero-order valence-corrected chi connectivity index (χ0v) is 12.8. The van der Waals surface area contributed by atoms with Crippen LogP contribution in [0.1, 0.15) is 51.4 Å². The highest BCUT2D eigenvalue weighted by Crippen LogP contribution is 2.29. The maximum absolute atomic E-state index is 4.79. The highest BCUT2D eigenvalue weighted by atomic mass is 15.1. The minimum atomic E-state index is 0.294. The zero-order chi connectivity index (χ0) is 14.1. The van der Waals surface area contributed by atoms with Gasteiger partial charge < -0.3 is 9.88 Å². The summed E-state index contributed by atoms with van der Waals surface area (Å²) in [6.07, 6.45) is 5.56. The summed E-state index contributed by atoms with van der Waals surface area (Å²) in [4.78, 5) is 4.79. The molecule has 20 heavy (non-hydrogen) atoms. The number of nitrogens with one attached hydrogen (secondary N) is 1. The minimum Gasteiger partial charge on any atom is -0.330 e. The van der Waals surface area contributed by atoms with E-state index in [4.69, 9.17) is 4.98 Å². The summed E-state index contributed by atoms with van der Waals surface area (Å²) in [6, 6.07) is 9.23. The fourth-order valence-corrected chi connectivity index (χ4v) is 3.61. The van der Waals surface area contributed by atoms with Gasteiger partial charge in [-0.05, 0) is 44.7 Å². The van der Waals surface area contributed by atoms with Crippen molar-refractivity contribution in [3.05, 3.63) is 30.1 Å². The van der Waals surface area contributed by atoms with Crippen LogP contribution in [-0.4, -0.2) is 15.6 Å². The molecule has 0 saturated heterocycles. The second-order valence-electron chi connectivity index (χ2n) is 6.24. The Hall–Kier alpha value is -1.35. The van der Waals surface area contributed by atoms with Crippen LogP contribution in [0.4, 0.5) is 0 Å². The first-order valence-corrected chi connectivity index (χ1v) is 7.84. The molecule has 1 heterocycles. The van der Waals surface area contributed by atoms with Crippen molar-refractivity contribution in [3.63, 3.8) is 0 Å². The number of nitrogens with zero attached hydrogens (tertiary/aromatic N) is 2. The summed E-state index contributed by atoms with van der Waals surface area (Å²) in [5.41, 5.74) is 2.30. The molecule has 0 amide bonds. The first-order chi connectivity index (χ1) is 9.66. The quantitative estimate of drug-likeness (QED) is 0.916. The van der Waals surface area contributed by atoms with Crippen molar-refractivity contribution in [2.24, 2.45) is 13.0 Å². The molecule has 1 aromatic carbocycles. The summed E-state index contributed by atoms with van der Waals surface area (Å²) < 4.78 is 2.22. The van der Waals surface area contributed by atoms with E-state index < -0.39 is 0 Å². The van der Waals surface area contributed by atoms with Gasteiger partial charge in [-0.15, -0.1) is 0 Å². The number of rotatable bonds is 4. The first-order valence-electron chi connectivity index (χ1n) is 7.84. The summed E-state index contributed by atoms with van der Waals surface area (Å²) in [6.45, 7) is 4.56. The second-order valence-corrected chi connectivity index (χ2v) is 6.24. The fraction of sp³-hybridized carbons (Fsp3) is 0.588. The average Bonchev–Trinajstić information content (AvgIpc) is 3.07. The fourth-order valence-electron chi connectivity index (χ4n) is 3.61. The largest absolute Gasteiger partial charge is 0.330 e. The molecule has 0 spiro atoms. The lowest BCUT2D eigenvalue weighted by Crippen LogP contribution is -2.35. The molecule has 1 fully saturated rings. The Balaban J connectivity index is 1.78. The van der Waals surface area contributed by atoms with Crippen LogP contribution >= 0.6 is 0 Å². The molecule has 2 atom stereocenters. The number of para-hydroxylation sites is 2. The number of aryl methyl sites for hydroxylation is 1. The molecule has 1 unspecified atom stereocenters. The first kappa shape index (κ1) is 13.6. The van der Waals surface area contributed by atoms with Crippen molar-refractivity contribution in [2.75, 3.05) is 0 Å². The van der Waals surface area contributed by atoms with E-state index in [-0.39, 0.29) is 0 Å². The highest BCUT2D eigenvalue weighted by molar-refractivity contribution is 5.75. The Morgan fingerprint density at radius 2 is 1.90 bits per heavy atom. The Labute approximate surface area is 121 Å². The number of hydrogen-bond donors (Lipinski definition) is 1. The van der Waals surface area contributed by atoms with Gasteiger partial charge in [0.2, 0.25) is 0 Å². The number of hydrogen-bond acceptors (Lipinski definition) is 2. The van der Waals surface area contributed by atoms with Crippen LogP contribution in [0.3, 0.4) is 0 Å². The van der Waals surface area contributed by atoms with Gasteiger partial charge in [-0.1, -0.05) is 25.0 Å². The third-order valence-corrected chi connectivity index (χ3v) is 4.83. The van der Waals surface area contributed by atoms with Crippen molar-refractivity contribution in [3.8, 4) is 0 Å². The Kier molecular flexibility index (Phi) is 3.79. The summed E-state index contributed by atoms with van der Waals surface area (Å²) in [5, 5.41) is 3.76. The van der Waals surface area contributed by atoms with Gasteiger partial charge in [-0.2, -0.15) is 0 Å². The van der Waals surface area contributed by atoms with Crippen molar-refractivity contribution >= 4 is 11.0 Å². The van der Waals surface area contributed by atoms with Crippen LogP contribution in [0.25, 0.3) is 11.0 Å². The molecule has 0 radical (unpaired) electrons. The number of aromatic nitrogens is 2. The molecule has 1 aliphatic carbocycles. The molecule has 2 aromatic rings. The molecule has 0 bridgehead atoms. The van der Waals surface area contributed by atoms with Gasteiger partial charge in [0, 0.05) is 13.1 Å². The van der Waals surface area contributed by atoms with E-state index >= 15 is 0 Å². The summed E-state index contributed by atoms with van der Waals surface area (Å²) >= 11 is 0. The van der Waals surface area contributed by atoms with Crippen LogP contribution in [0.5, 0.6) is 0 Å². The molecule has 1 aromatic heterocycles. The van der Waals surface area contributed by atoms with Crippen LogP contribution < -0.4 is 5.32 Å². The number of imidazole rings is 1. The van der Waals surface area contributed by atoms with Crippen molar-refractivity contribution in [1.82, 2.24) is 14.9 Å². The smallest absolute Gasteiger partial charge is 0.126 e. The lowest BCUT2D eigenvalue weighted by atomic mass is 9.99. The van der Waals surface area contributed by atoms with Crippen LogP contribution in [0.2, 0.25) is 0 Å². The average molecular weight is 271 g/mol. The molecular weight excluding hydrogens is 246 g/mol. The lowest BCUT2D eigenvalue weighted by Gasteiger charge is -2.24. The van der Waals surface area contributed by atoms with E-state index in [1.807, 2.05) is 0 Å². The van der Waals surface area contributed by atoms with Gasteiger partial charge in [0.25, 0.3) is 0 Å². The molecule has 0 aliphatic heterocycles. The van der Waals surface area contributed by atoms with E-state index in [0.29, 0.717) is 12.1 Å². The second kappa shape index (κ2) is 5.57. The molecule has 108 valence electrons. The van der Waals surface area contributed by atoms with E-state index in [0.717, 1.165) is 17.3 Å². The van der Waals surface area contributed by atoms with Gasteiger partial charge in [-0.25, -0.2) is 4.98 Å². The van der Waals surface area contributed by atoms with Crippen LogP contribution in [0.15, 0.2) is 24.3 Å². The van der Waals surface area contributed by atoms with E-state index in [2.05, 4.69) is 55.0 Å². The molecule has 3 rings (SSSR count). The maximum atomic E-state index is 4.79. The Morgan fingerprint density at radius 1 is 1.20 bits per heavy atom. The zero-order valence-electron chi connectivity index (χ0n) is 12.8. The molecule has 1 aliphatic rings. The molecule has 3 nitrogen and oxygen atoms in total. The molecule has 1 saturated carbocycles. The lowest BCUT2D eigenvalue weighted by molar-refractivity contribution is 0.345. The summed E-state index contributed by atoms with van der Waals surface area (Å²) in [5.74, 6) is 1.98. The molecular formula is C17H25N3. The monoisotopic (exact) mass is 271 g/mol. The Bertz CT molecular complexity index is 581. The van der Waals surface area contributed by atoms with E-state index in [1.54, 1.807) is 0 Å². The molecule has 1 N–H and O–H groups in total. The van der Waals surface area contributed by atoms with Crippen molar-refractivity contribution in [1.29, 1.82) is 0 Å². The van der Waals surface area contributed by atoms with E-state index in [1.165, 1.54) is 31.2 Å². The normalized spacial score (nSPS) is 19.6. The predicted molar refractivity (Wildman–Crippen MR) is 83.7 cm³/mol. The topological polar surface area (TPSA) is 29.9 Å². The van der Waals surface area contributed by atoms with Gasteiger partial charge in [-0.3, -0.25) is 0 Å². The van der Waals surface area contributed by atoms with Crippen LogP contribution in [-0.2, 0) is 7.05 Å². The van der Waals surface area contributed by atoms with Crippen molar-refractivity contribution in [2.45, 2.75) is 51.6 Å². The Morgan fingerprint density at radius 3 is 2.60 bits per heavy atom. The maximum Gasteiger partial charge on any atom is 0.126 e. The third kappa shape index (κ3) is 2.47. The summed E-state index contributed by atoms with van der Waals surface area (Å²) in [7, 11) is 2.11. The SMILES string of the molecule is CC(N[C@@H](C)C1CCCC1)c1nc2ccccc2n1C. The van der Waals surface area contributed by atoms with E-state index in [9.17, 15) is 0 Å². The third-order valence-electron chi connectivity index (χ3n) is 4.83. The van der Waals surface area contributed by atoms with Gasteiger partial charge in [0.1, 0.15) is 5.82 Å².